The number of methoxy groups -OCH3 is 2. The molecule has 0 aliphatic rings. The fourth-order valence-electron chi connectivity index (χ4n) is 7.01. The van der Waals surface area contributed by atoms with Crippen LogP contribution in [0.5, 0.6) is 0 Å². The van der Waals surface area contributed by atoms with Gasteiger partial charge in [0.15, 0.2) is 0 Å². The highest BCUT2D eigenvalue weighted by Crippen LogP contribution is 2.45. The van der Waals surface area contributed by atoms with Crippen LogP contribution in [0.15, 0.2) is 182 Å². The molecule has 0 aromatic heterocycles. The number of hydrogen-bond acceptors (Lipinski definition) is 6. The highest BCUT2D eigenvalue weighted by Gasteiger charge is 2.21. The van der Waals surface area contributed by atoms with Gasteiger partial charge in [-0.05, 0) is 89.7 Å². The fraction of sp³-hybridized carbons (Fsp3) is 0.120. The first-order valence-electron chi connectivity index (χ1n) is 18.8. The molecular formula is C50H44N2O4. The van der Waals surface area contributed by atoms with Crippen LogP contribution in [-0.4, -0.2) is 26.2 Å². The van der Waals surface area contributed by atoms with Gasteiger partial charge < -0.3 is 19.3 Å². The Morgan fingerprint density at radius 2 is 0.786 bits per heavy atom. The van der Waals surface area contributed by atoms with Crippen LogP contribution >= 0.6 is 0 Å². The Kier molecular flexibility index (Phi) is 12.0. The number of carbonyl (C=O) groups excluding carboxylic acids is 2. The zero-order valence-electron chi connectivity index (χ0n) is 31.7. The molecule has 0 aliphatic carbocycles. The summed E-state index contributed by atoms with van der Waals surface area (Å²) in [5.41, 5.74) is 12.5. The Labute approximate surface area is 329 Å². The molecule has 0 unspecified atom stereocenters. The third kappa shape index (κ3) is 8.72. The molecule has 0 heterocycles. The van der Waals surface area contributed by atoms with E-state index in [1.54, 1.807) is 0 Å². The summed E-state index contributed by atoms with van der Waals surface area (Å²) in [7, 11) is 2.84. The maximum atomic E-state index is 11.9. The predicted molar refractivity (Wildman–Crippen MR) is 227 cm³/mol. The molecule has 0 aliphatic heterocycles. The molecule has 0 saturated heterocycles. The Balaban J connectivity index is 1.37. The van der Waals surface area contributed by atoms with E-state index in [-0.39, 0.29) is 11.9 Å². The zero-order chi connectivity index (χ0) is 38.7. The van der Waals surface area contributed by atoms with E-state index in [4.69, 9.17) is 9.47 Å². The molecular weight excluding hydrogens is 693 g/mol. The zero-order valence-corrected chi connectivity index (χ0v) is 31.7. The predicted octanol–water partition coefficient (Wildman–Crippen LogP) is 12.2. The standard InChI is InChI=1S/C50H44N2O4/c1-55-49(53)34-28-37-24-30-41(31-25-37)51(47-22-11-9-20-45(47)39-14-5-3-6-15-39)43-18-13-19-44(36-43)52(42-32-26-38(27-33-42)29-35-50(54)56-2)48-23-12-10-21-46(48)40-16-7-4-8-17-40/h3-27,30-33,36H,28-29,34-35H2,1-2H3. The lowest BCUT2D eigenvalue weighted by Gasteiger charge is -2.31. The Morgan fingerprint density at radius 3 is 1.18 bits per heavy atom. The molecule has 7 aromatic rings. The van der Waals surface area contributed by atoms with E-state index < -0.39 is 0 Å². The van der Waals surface area contributed by atoms with Crippen molar-refractivity contribution in [1.29, 1.82) is 0 Å². The van der Waals surface area contributed by atoms with Gasteiger partial charge in [0.2, 0.25) is 0 Å². The number of esters is 2. The lowest BCUT2D eigenvalue weighted by atomic mass is 10.0. The first-order chi connectivity index (χ1) is 27.5. The molecule has 0 spiro atoms. The molecule has 7 rings (SSSR count). The number of rotatable bonds is 14. The summed E-state index contributed by atoms with van der Waals surface area (Å²) >= 11 is 0. The van der Waals surface area contributed by atoms with Gasteiger partial charge in [0.1, 0.15) is 0 Å². The quantitative estimate of drug-likeness (QED) is 0.104. The molecule has 0 saturated carbocycles. The normalized spacial score (nSPS) is 10.8. The van der Waals surface area contributed by atoms with Crippen molar-refractivity contribution in [3.8, 4) is 22.3 Å². The molecule has 6 heteroatoms. The summed E-state index contributed by atoms with van der Waals surface area (Å²) in [5, 5.41) is 0. The van der Waals surface area contributed by atoms with E-state index in [2.05, 4.69) is 180 Å². The van der Waals surface area contributed by atoms with Gasteiger partial charge in [-0.15, -0.1) is 0 Å². The summed E-state index contributed by atoms with van der Waals surface area (Å²) in [5.74, 6) is -0.447. The minimum atomic E-state index is -0.224. The van der Waals surface area contributed by atoms with Crippen LogP contribution in [0.1, 0.15) is 24.0 Å². The Morgan fingerprint density at radius 1 is 0.411 bits per heavy atom. The first kappa shape index (κ1) is 37.4. The lowest BCUT2D eigenvalue weighted by Crippen LogP contribution is -2.14. The number of aryl methyl sites for hydroxylation is 2. The second-order valence-corrected chi connectivity index (χ2v) is 13.4. The molecule has 6 nitrogen and oxygen atoms in total. The van der Waals surface area contributed by atoms with E-state index in [0.717, 1.165) is 67.5 Å². The summed E-state index contributed by atoms with van der Waals surface area (Å²) in [4.78, 5) is 28.5. The third-order valence-corrected chi connectivity index (χ3v) is 9.89. The van der Waals surface area contributed by atoms with Gasteiger partial charge in [-0.3, -0.25) is 9.59 Å². The number of carbonyl (C=O) groups is 2. The van der Waals surface area contributed by atoms with Crippen molar-refractivity contribution < 1.29 is 19.1 Å². The van der Waals surface area contributed by atoms with E-state index >= 15 is 0 Å². The molecule has 0 fully saturated rings. The minimum absolute atomic E-state index is 0.224. The van der Waals surface area contributed by atoms with E-state index in [9.17, 15) is 9.59 Å². The van der Waals surface area contributed by atoms with Crippen molar-refractivity contribution >= 4 is 46.1 Å². The smallest absolute Gasteiger partial charge is 0.305 e. The molecule has 0 bridgehead atoms. The molecule has 0 atom stereocenters. The van der Waals surface area contributed by atoms with E-state index in [1.165, 1.54) is 14.2 Å². The van der Waals surface area contributed by atoms with Gasteiger partial charge in [-0.1, -0.05) is 127 Å². The fourth-order valence-corrected chi connectivity index (χ4v) is 7.01. The highest BCUT2D eigenvalue weighted by atomic mass is 16.5. The molecule has 0 N–H and O–H groups in total. The number of para-hydroxylation sites is 2. The monoisotopic (exact) mass is 736 g/mol. The van der Waals surface area contributed by atoms with Gasteiger partial charge in [0.25, 0.3) is 0 Å². The van der Waals surface area contributed by atoms with E-state index in [1.807, 2.05) is 12.1 Å². The van der Waals surface area contributed by atoms with Crippen molar-refractivity contribution in [2.24, 2.45) is 0 Å². The third-order valence-electron chi connectivity index (χ3n) is 9.89. The van der Waals surface area contributed by atoms with Crippen LogP contribution in [0.3, 0.4) is 0 Å². The van der Waals surface area contributed by atoms with Gasteiger partial charge in [-0.2, -0.15) is 0 Å². The van der Waals surface area contributed by atoms with Gasteiger partial charge >= 0.3 is 11.9 Å². The number of anilines is 6. The summed E-state index contributed by atoms with van der Waals surface area (Å²) in [6.07, 6.45) is 1.84. The molecule has 278 valence electrons. The van der Waals surface area contributed by atoms with Crippen molar-refractivity contribution in [2.75, 3.05) is 24.0 Å². The second kappa shape index (κ2) is 17.9. The number of benzene rings is 7. The molecule has 56 heavy (non-hydrogen) atoms. The van der Waals surface area contributed by atoms with E-state index in [0.29, 0.717) is 25.7 Å². The molecule has 7 aromatic carbocycles. The largest absolute Gasteiger partial charge is 0.469 e. The second-order valence-electron chi connectivity index (χ2n) is 13.4. The average Bonchev–Trinajstić information content (AvgIpc) is 3.27. The average molecular weight is 737 g/mol. The van der Waals surface area contributed by atoms with Gasteiger partial charge in [-0.25, -0.2) is 0 Å². The Hall–Kier alpha value is -6.92. The van der Waals surface area contributed by atoms with Crippen LogP contribution < -0.4 is 9.80 Å². The van der Waals surface area contributed by atoms with Crippen LogP contribution in [-0.2, 0) is 31.9 Å². The highest BCUT2D eigenvalue weighted by molar-refractivity contribution is 5.92. The number of hydrogen-bond donors (Lipinski definition) is 0. The topological polar surface area (TPSA) is 59.1 Å². The summed E-state index contributed by atoms with van der Waals surface area (Å²) in [6.45, 7) is 0. The minimum Gasteiger partial charge on any atom is -0.469 e. The van der Waals surface area contributed by atoms with Crippen molar-refractivity contribution in [3.05, 3.63) is 193 Å². The van der Waals surface area contributed by atoms with Crippen molar-refractivity contribution in [1.82, 2.24) is 0 Å². The van der Waals surface area contributed by atoms with Crippen molar-refractivity contribution in [3.63, 3.8) is 0 Å². The molecule has 0 radical (unpaired) electrons. The van der Waals surface area contributed by atoms with Gasteiger partial charge in [0, 0.05) is 46.7 Å². The van der Waals surface area contributed by atoms with Crippen LogP contribution in [0, 0.1) is 0 Å². The first-order valence-corrected chi connectivity index (χ1v) is 18.8. The Bertz CT molecular complexity index is 2210. The summed E-state index contributed by atoms with van der Waals surface area (Å²) < 4.78 is 9.79. The maximum absolute atomic E-state index is 11.9. The number of nitrogens with zero attached hydrogens (tertiary/aromatic N) is 2. The van der Waals surface area contributed by atoms with Crippen LogP contribution in [0.4, 0.5) is 34.1 Å². The van der Waals surface area contributed by atoms with Gasteiger partial charge in [0.05, 0.1) is 25.6 Å². The lowest BCUT2D eigenvalue weighted by molar-refractivity contribution is -0.141. The van der Waals surface area contributed by atoms with Crippen molar-refractivity contribution in [2.45, 2.75) is 25.7 Å². The summed E-state index contributed by atoms with van der Waals surface area (Å²) in [6, 6.07) is 63.3. The molecule has 0 amide bonds. The number of ether oxygens (including phenoxy) is 2. The SMILES string of the molecule is COC(=O)CCc1ccc(N(c2cccc(N(c3ccc(CCC(=O)OC)cc3)c3ccccc3-c3ccccc3)c2)c2ccccc2-c2ccccc2)cc1. The maximum Gasteiger partial charge on any atom is 0.305 e. The van der Waals surface area contributed by atoms with Crippen LogP contribution in [0.25, 0.3) is 22.3 Å². The van der Waals surface area contributed by atoms with Crippen LogP contribution in [0.2, 0.25) is 0 Å².